The SMILES string of the molecule is CN(C)C(=O)N1CCc2c(sc3ncn(CC4CCCO4)c(=O)c23)C1. The summed E-state index contributed by atoms with van der Waals surface area (Å²) in [5.41, 5.74) is 1.09. The van der Waals surface area contributed by atoms with Crippen molar-refractivity contribution >= 4 is 27.6 Å². The highest BCUT2D eigenvalue weighted by molar-refractivity contribution is 7.18. The Morgan fingerprint density at radius 2 is 2.32 bits per heavy atom. The van der Waals surface area contributed by atoms with Crippen molar-refractivity contribution in [3.8, 4) is 0 Å². The molecule has 0 aliphatic carbocycles. The van der Waals surface area contributed by atoms with E-state index in [0.29, 0.717) is 26.1 Å². The molecule has 134 valence electrons. The first-order chi connectivity index (χ1) is 12.0. The summed E-state index contributed by atoms with van der Waals surface area (Å²) < 4.78 is 7.33. The number of ether oxygens (including phenoxy) is 1. The van der Waals surface area contributed by atoms with Crippen LogP contribution in [0.15, 0.2) is 11.1 Å². The van der Waals surface area contributed by atoms with Crippen molar-refractivity contribution in [1.82, 2.24) is 19.4 Å². The predicted molar refractivity (Wildman–Crippen MR) is 96.1 cm³/mol. The van der Waals surface area contributed by atoms with Crippen molar-refractivity contribution in [3.05, 3.63) is 27.1 Å². The third-order valence-corrected chi connectivity index (χ3v) is 6.03. The number of fused-ring (bicyclic) bond motifs is 3. The van der Waals surface area contributed by atoms with Gasteiger partial charge in [0, 0.05) is 32.1 Å². The molecule has 2 aliphatic rings. The third kappa shape index (κ3) is 2.93. The zero-order valence-electron chi connectivity index (χ0n) is 14.5. The van der Waals surface area contributed by atoms with E-state index in [0.717, 1.165) is 40.1 Å². The number of amides is 2. The maximum atomic E-state index is 13.0. The lowest BCUT2D eigenvalue weighted by atomic mass is 10.1. The molecule has 0 spiro atoms. The van der Waals surface area contributed by atoms with Crippen LogP contribution >= 0.6 is 11.3 Å². The van der Waals surface area contributed by atoms with Crippen molar-refractivity contribution < 1.29 is 9.53 Å². The molecule has 2 amide bonds. The molecule has 0 aromatic carbocycles. The minimum atomic E-state index is 0.00635. The van der Waals surface area contributed by atoms with E-state index < -0.39 is 0 Å². The van der Waals surface area contributed by atoms with Crippen molar-refractivity contribution in [3.63, 3.8) is 0 Å². The zero-order chi connectivity index (χ0) is 17.6. The highest BCUT2D eigenvalue weighted by Crippen LogP contribution is 2.32. The normalized spacial score (nSPS) is 20.1. The number of rotatable bonds is 2. The van der Waals surface area contributed by atoms with Crippen LogP contribution in [0, 0.1) is 0 Å². The third-order valence-electron chi connectivity index (χ3n) is 4.90. The molecular formula is C17H22N4O3S. The molecule has 2 aliphatic heterocycles. The number of aromatic nitrogens is 2. The van der Waals surface area contributed by atoms with Crippen LogP contribution in [0.3, 0.4) is 0 Å². The van der Waals surface area contributed by atoms with Crippen molar-refractivity contribution in [1.29, 1.82) is 0 Å². The van der Waals surface area contributed by atoms with Crippen LogP contribution in [-0.4, -0.2) is 58.7 Å². The lowest BCUT2D eigenvalue weighted by Gasteiger charge is -2.29. The molecule has 4 heterocycles. The molecule has 0 saturated carbocycles. The van der Waals surface area contributed by atoms with E-state index in [9.17, 15) is 9.59 Å². The van der Waals surface area contributed by atoms with E-state index in [1.807, 2.05) is 4.90 Å². The first kappa shape index (κ1) is 16.5. The summed E-state index contributed by atoms with van der Waals surface area (Å²) in [5.74, 6) is 0. The number of carbonyl (C=O) groups excluding carboxylic acids is 1. The summed E-state index contributed by atoms with van der Waals surface area (Å²) in [7, 11) is 3.52. The number of nitrogens with zero attached hydrogens (tertiary/aromatic N) is 4. The molecule has 2 aromatic rings. The molecule has 1 atom stereocenters. The monoisotopic (exact) mass is 362 g/mol. The van der Waals surface area contributed by atoms with Crippen LogP contribution in [0.25, 0.3) is 10.2 Å². The van der Waals surface area contributed by atoms with E-state index in [2.05, 4.69) is 4.98 Å². The molecule has 8 heteroatoms. The first-order valence-electron chi connectivity index (χ1n) is 8.62. The number of urea groups is 1. The molecule has 7 nitrogen and oxygen atoms in total. The second-order valence-electron chi connectivity index (χ2n) is 6.87. The van der Waals surface area contributed by atoms with Gasteiger partial charge in [-0.05, 0) is 24.8 Å². The standard InChI is InChI=1S/C17H22N4O3S/c1-19(2)17(23)20-6-5-12-13(9-20)25-15-14(12)16(22)21(10-18-15)8-11-4-3-7-24-11/h10-11H,3-9H2,1-2H3. The smallest absolute Gasteiger partial charge is 0.319 e. The molecule has 25 heavy (non-hydrogen) atoms. The summed E-state index contributed by atoms with van der Waals surface area (Å²) in [4.78, 5) is 34.9. The molecule has 1 fully saturated rings. The highest BCUT2D eigenvalue weighted by Gasteiger charge is 2.27. The minimum absolute atomic E-state index is 0.00635. The average molecular weight is 362 g/mol. The Kier molecular flexibility index (Phi) is 4.24. The Labute approximate surface area is 149 Å². The van der Waals surface area contributed by atoms with Gasteiger partial charge in [0.15, 0.2) is 0 Å². The van der Waals surface area contributed by atoms with Crippen molar-refractivity contribution in [2.24, 2.45) is 0 Å². The van der Waals surface area contributed by atoms with Crippen LogP contribution in [-0.2, 0) is 24.2 Å². The Bertz CT molecular complexity index is 867. The Morgan fingerprint density at radius 1 is 1.48 bits per heavy atom. The number of hydrogen-bond acceptors (Lipinski definition) is 5. The van der Waals surface area contributed by atoms with E-state index >= 15 is 0 Å². The van der Waals surface area contributed by atoms with Gasteiger partial charge in [0.05, 0.1) is 30.9 Å². The van der Waals surface area contributed by atoms with Crippen LogP contribution in [0.2, 0.25) is 0 Å². The maximum Gasteiger partial charge on any atom is 0.319 e. The van der Waals surface area contributed by atoms with Crippen LogP contribution < -0.4 is 5.56 Å². The Balaban J connectivity index is 1.67. The van der Waals surface area contributed by atoms with Gasteiger partial charge in [0.25, 0.3) is 5.56 Å². The van der Waals surface area contributed by atoms with Gasteiger partial charge in [0.2, 0.25) is 0 Å². The molecule has 1 saturated heterocycles. The number of carbonyl (C=O) groups is 1. The molecule has 0 N–H and O–H groups in total. The van der Waals surface area contributed by atoms with Gasteiger partial charge in [-0.2, -0.15) is 0 Å². The fraction of sp³-hybridized carbons (Fsp3) is 0.588. The van der Waals surface area contributed by atoms with Crippen LogP contribution in [0.4, 0.5) is 4.79 Å². The summed E-state index contributed by atoms with van der Waals surface area (Å²) in [6.07, 6.45) is 4.50. The van der Waals surface area contributed by atoms with E-state index in [4.69, 9.17) is 4.74 Å². The van der Waals surface area contributed by atoms with Crippen LogP contribution in [0.5, 0.6) is 0 Å². The largest absolute Gasteiger partial charge is 0.376 e. The average Bonchev–Trinajstić information content (AvgIpc) is 3.23. The molecule has 1 unspecified atom stereocenters. The van der Waals surface area contributed by atoms with Gasteiger partial charge in [-0.25, -0.2) is 9.78 Å². The van der Waals surface area contributed by atoms with Gasteiger partial charge in [-0.3, -0.25) is 9.36 Å². The second-order valence-corrected chi connectivity index (χ2v) is 7.95. The van der Waals surface area contributed by atoms with E-state index in [-0.39, 0.29) is 17.7 Å². The summed E-state index contributed by atoms with van der Waals surface area (Å²) in [6, 6.07) is 0.00635. The van der Waals surface area contributed by atoms with Gasteiger partial charge in [0.1, 0.15) is 4.83 Å². The van der Waals surface area contributed by atoms with Gasteiger partial charge >= 0.3 is 6.03 Å². The van der Waals surface area contributed by atoms with Gasteiger partial charge in [-0.1, -0.05) is 0 Å². The molecule has 2 aromatic heterocycles. The molecule has 0 radical (unpaired) electrons. The quantitative estimate of drug-likeness (QED) is 0.815. The van der Waals surface area contributed by atoms with E-state index in [1.54, 1.807) is 29.9 Å². The summed E-state index contributed by atoms with van der Waals surface area (Å²) in [5, 5.41) is 0.734. The minimum Gasteiger partial charge on any atom is -0.376 e. The predicted octanol–water partition coefficient (Wildman–Crippen LogP) is 1.68. The first-order valence-corrected chi connectivity index (χ1v) is 9.43. The van der Waals surface area contributed by atoms with Gasteiger partial charge < -0.3 is 14.5 Å². The Morgan fingerprint density at radius 3 is 3.04 bits per heavy atom. The van der Waals surface area contributed by atoms with E-state index in [1.165, 1.54) is 11.3 Å². The highest BCUT2D eigenvalue weighted by atomic mass is 32.1. The summed E-state index contributed by atoms with van der Waals surface area (Å²) >= 11 is 1.53. The van der Waals surface area contributed by atoms with Crippen molar-refractivity contribution in [2.75, 3.05) is 27.2 Å². The Hall–Kier alpha value is -1.93. The van der Waals surface area contributed by atoms with Gasteiger partial charge in [-0.15, -0.1) is 11.3 Å². The second kappa shape index (κ2) is 6.42. The number of thiophene rings is 1. The maximum absolute atomic E-state index is 13.0. The number of hydrogen-bond donors (Lipinski definition) is 0. The fourth-order valence-corrected chi connectivity index (χ4v) is 4.80. The molecule has 0 bridgehead atoms. The summed E-state index contributed by atoms with van der Waals surface area (Å²) in [6.45, 7) is 2.53. The van der Waals surface area contributed by atoms with Crippen molar-refractivity contribution in [2.45, 2.75) is 38.5 Å². The topological polar surface area (TPSA) is 67.7 Å². The lowest BCUT2D eigenvalue weighted by Crippen LogP contribution is -2.41. The fourth-order valence-electron chi connectivity index (χ4n) is 3.60. The lowest BCUT2D eigenvalue weighted by molar-refractivity contribution is 0.0960. The van der Waals surface area contributed by atoms with Crippen LogP contribution in [0.1, 0.15) is 23.3 Å². The molecule has 4 rings (SSSR count). The zero-order valence-corrected chi connectivity index (χ0v) is 15.3. The molecular weight excluding hydrogens is 340 g/mol.